The van der Waals surface area contributed by atoms with Crippen molar-refractivity contribution in [2.75, 3.05) is 0 Å². The first-order valence-corrected chi connectivity index (χ1v) is 2.97. The van der Waals surface area contributed by atoms with E-state index < -0.39 is 23.8 Å². The van der Waals surface area contributed by atoms with Gasteiger partial charge in [0.05, 0.1) is 0 Å². The Morgan fingerprint density at radius 2 is 1.21 bits per heavy atom. The van der Waals surface area contributed by atoms with Gasteiger partial charge in [-0.1, -0.05) is 6.58 Å². The van der Waals surface area contributed by atoms with E-state index in [1.165, 1.54) is 0 Å². The van der Waals surface area contributed by atoms with Crippen LogP contribution in [-0.4, -0.2) is 23.8 Å². The quantitative estimate of drug-likeness (QED) is 0.520. The van der Waals surface area contributed by atoms with Crippen LogP contribution < -0.4 is 0 Å². The second-order valence-corrected chi connectivity index (χ2v) is 2.22. The molecule has 0 heterocycles. The van der Waals surface area contributed by atoms with Gasteiger partial charge in [-0.05, 0) is 6.08 Å². The molecule has 0 atom stereocenters. The normalized spacial score (nSPS) is 13.9. The van der Waals surface area contributed by atoms with E-state index in [-0.39, 0.29) is 6.08 Å². The molecule has 0 aliphatic carbocycles. The minimum Gasteiger partial charge on any atom is -0.290 e. The SMILES string of the molecule is C=CC(=O)C(F)(C(F)(F)F)C(F)(F)F. The molecule has 0 saturated carbocycles. The molecule has 0 radical (unpaired) electrons. The fourth-order valence-electron chi connectivity index (χ4n) is 0.581. The van der Waals surface area contributed by atoms with E-state index in [4.69, 9.17) is 0 Å². The number of carbonyl (C=O) groups excluding carboxylic acids is 1. The van der Waals surface area contributed by atoms with Gasteiger partial charge in [-0.2, -0.15) is 26.3 Å². The third kappa shape index (κ3) is 1.73. The Morgan fingerprint density at radius 3 is 1.29 bits per heavy atom. The predicted octanol–water partition coefficient (Wildman–Crippen LogP) is 2.57. The van der Waals surface area contributed by atoms with Gasteiger partial charge in [-0.3, -0.25) is 4.79 Å². The molecule has 0 N–H and O–H groups in total. The maximum atomic E-state index is 12.5. The Kier molecular flexibility index (Phi) is 3.00. The highest BCUT2D eigenvalue weighted by Crippen LogP contribution is 2.46. The predicted molar refractivity (Wildman–Crippen MR) is 31.2 cm³/mol. The van der Waals surface area contributed by atoms with E-state index in [1.807, 2.05) is 0 Å². The van der Waals surface area contributed by atoms with Crippen molar-refractivity contribution < 1.29 is 35.5 Å². The maximum Gasteiger partial charge on any atom is 0.439 e. The van der Waals surface area contributed by atoms with Gasteiger partial charge >= 0.3 is 18.0 Å². The first kappa shape index (κ1) is 12.9. The summed E-state index contributed by atoms with van der Waals surface area (Å²) in [6, 6.07) is 0. The van der Waals surface area contributed by atoms with Crippen molar-refractivity contribution in [1.82, 2.24) is 0 Å². The average Bonchev–Trinajstić information content (AvgIpc) is 1.97. The average molecular weight is 224 g/mol. The number of halogens is 7. The van der Waals surface area contributed by atoms with Gasteiger partial charge in [0.2, 0.25) is 5.78 Å². The summed E-state index contributed by atoms with van der Waals surface area (Å²) in [6.07, 6.45) is -13.1. The third-order valence-corrected chi connectivity index (χ3v) is 1.31. The molecular formula is C6H3F7O. The molecule has 14 heavy (non-hydrogen) atoms. The number of alkyl halides is 7. The standard InChI is InChI=1S/C6H3F7O/c1-2-3(14)4(7,5(8,9)10)6(11,12)13/h2H,1H2. The molecule has 8 heteroatoms. The summed E-state index contributed by atoms with van der Waals surface area (Å²) in [7, 11) is 0. The van der Waals surface area contributed by atoms with Gasteiger partial charge in [0.15, 0.2) is 0 Å². The van der Waals surface area contributed by atoms with Gasteiger partial charge in [0.1, 0.15) is 0 Å². The van der Waals surface area contributed by atoms with Crippen molar-refractivity contribution >= 4 is 5.78 Å². The van der Waals surface area contributed by atoms with Crippen molar-refractivity contribution in [3.63, 3.8) is 0 Å². The fourth-order valence-corrected chi connectivity index (χ4v) is 0.581. The van der Waals surface area contributed by atoms with E-state index >= 15 is 0 Å². The van der Waals surface area contributed by atoms with Gasteiger partial charge in [-0.25, -0.2) is 4.39 Å². The number of ketones is 1. The summed E-state index contributed by atoms with van der Waals surface area (Å²) in [6.45, 7) is 2.36. The molecule has 1 nitrogen and oxygen atoms in total. The summed E-state index contributed by atoms with van der Waals surface area (Å²) < 4.78 is 82.6. The maximum absolute atomic E-state index is 12.5. The molecule has 0 aromatic carbocycles. The van der Waals surface area contributed by atoms with Gasteiger partial charge < -0.3 is 0 Å². The van der Waals surface area contributed by atoms with E-state index in [0.717, 1.165) is 0 Å². The van der Waals surface area contributed by atoms with E-state index in [9.17, 15) is 35.5 Å². The lowest BCUT2D eigenvalue weighted by atomic mass is 9.99. The Hall–Kier alpha value is -1.08. The first-order valence-electron chi connectivity index (χ1n) is 2.97. The highest BCUT2D eigenvalue weighted by Gasteiger charge is 2.76. The van der Waals surface area contributed by atoms with Crippen LogP contribution in [0, 0.1) is 0 Å². The van der Waals surface area contributed by atoms with Crippen LogP contribution in [0.25, 0.3) is 0 Å². The van der Waals surface area contributed by atoms with Crippen LogP contribution in [0.5, 0.6) is 0 Å². The van der Waals surface area contributed by atoms with E-state index in [1.54, 1.807) is 0 Å². The molecule has 0 spiro atoms. The zero-order valence-electron chi connectivity index (χ0n) is 6.34. The van der Waals surface area contributed by atoms with Crippen molar-refractivity contribution in [3.05, 3.63) is 12.7 Å². The Balaban J connectivity index is 5.52. The van der Waals surface area contributed by atoms with Crippen LogP contribution in [-0.2, 0) is 4.79 Å². The zero-order chi connectivity index (χ0) is 11.8. The molecule has 0 unspecified atom stereocenters. The lowest BCUT2D eigenvalue weighted by Crippen LogP contribution is -2.58. The van der Waals surface area contributed by atoms with Crippen molar-refractivity contribution in [2.45, 2.75) is 18.0 Å². The zero-order valence-corrected chi connectivity index (χ0v) is 6.34. The number of rotatable bonds is 2. The first-order chi connectivity index (χ1) is 5.98. The molecule has 0 saturated heterocycles. The lowest BCUT2D eigenvalue weighted by molar-refractivity contribution is -0.323. The molecule has 0 fully saturated rings. The summed E-state index contributed by atoms with van der Waals surface area (Å²) >= 11 is 0. The van der Waals surface area contributed by atoms with Gasteiger partial charge in [0, 0.05) is 0 Å². The molecule has 0 aliphatic rings. The van der Waals surface area contributed by atoms with Crippen LogP contribution >= 0.6 is 0 Å². The highest BCUT2D eigenvalue weighted by molar-refractivity contribution is 5.98. The Morgan fingerprint density at radius 1 is 0.929 bits per heavy atom. The molecule has 0 rings (SSSR count). The number of hydrogen-bond acceptors (Lipinski definition) is 1. The molecule has 0 aliphatic heterocycles. The number of carbonyl (C=O) groups is 1. The summed E-state index contributed by atoms with van der Waals surface area (Å²) in [5.41, 5.74) is -5.87. The minimum atomic E-state index is -6.35. The molecular weight excluding hydrogens is 221 g/mol. The van der Waals surface area contributed by atoms with E-state index in [0.29, 0.717) is 0 Å². The summed E-state index contributed by atoms with van der Waals surface area (Å²) in [5, 5.41) is 0. The van der Waals surface area contributed by atoms with Gasteiger partial charge in [-0.15, -0.1) is 0 Å². The summed E-state index contributed by atoms with van der Waals surface area (Å²) in [4.78, 5) is 10.2. The highest BCUT2D eigenvalue weighted by atomic mass is 19.4. The van der Waals surface area contributed by atoms with Crippen LogP contribution in [0.4, 0.5) is 30.7 Å². The van der Waals surface area contributed by atoms with Gasteiger partial charge in [0.25, 0.3) is 0 Å². The second kappa shape index (κ2) is 3.25. The summed E-state index contributed by atoms with van der Waals surface area (Å²) in [5.74, 6) is -2.78. The van der Waals surface area contributed by atoms with E-state index in [2.05, 4.69) is 6.58 Å². The fraction of sp³-hybridized carbons (Fsp3) is 0.500. The largest absolute Gasteiger partial charge is 0.439 e. The molecule has 82 valence electrons. The van der Waals surface area contributed by atoms with Crippen molar-refractivity contribution in [3.8, 4) is 0 Å². The van der Waals surface area contributed by atoms with Crippen LogP contribution in [0.15, 0.2) is 12.7 Å². The lowest BCUT2D eigenvalue weighted by Gasteiger charge is -2.27. The van der Waals surface area contributed by atoms with Crippen molar-refractivity contribution in [1.29, 1.82) is 0 Å². The minimum absolute atomic E-state index is 0.360. The number of hydrogen-bond donors (Lipinski definition) is 0. The van der Waals surface area contributed by atoms with Crippen LogP contribution in [0.1, 0.15) is 0 Å². The van der Waals surface area contributed by atoms with Crippen LogP contribution in [0.3, 0.4) is 0 Å². The van der Waals surface area contributed by atoms with Crippen molar-refractivity contribution in [2.24, 2.45) is 0 Å². The topological polar surface area (TPSA) is 17.1 Å². The van der Waals surface area contributed by atoms with Crippen LogP contribution in [0.2, 0.25) is 0 Å². The Labute approximate surface area is 73.2 Å². The molecule has 0 bridgehead atoms. The molecule has 0 aromatic heterocycles. The second-order valence-electron chi connectivity index (χ2n) is 2.22. The molecule has 0 amide bonds. The number of allylic oxidation sites excluding steroid dienone is 1. The molecule has 0 aromatic rings. The smallest absolute Gasteiger partial charge is 0.290 e. The third-order valence-electron chi connectivity index (χ3n) is 1.31. The monoisotopic (exact) mass is 224 g/mol. The Bertz CT molecular complexity index is 234.